The summed E-state index contributed by atoms with van der Waals surface area (Å²) >= 11 is 0. The monoisotopic (exact) mass is 322 g/mol. The van der Waals surface area contributed by atoms with E-state index >= 15 is 0 Å². The summed E-state index contributed by atoms with van der Waals surface area (Å²) in [5.41, 5.74) is 0.976. The third-order valence-electron chi connectivity index (χ3n) is 2.99. The minimum absolute atomic E-state index is 0.0917. The fraction of sp³-hybridized carbons (Fsp3) is 0.231. The number of nitrogens with zero attached hydrogens (tertiary/aromatic N) is 3. The molecule has 0 radical (unpaired) electrons. The third-order valence-corrected chi connectivity index (χ3v) is 4.59. The van der Waals surface area contributed by atoms with Crippen LogP contribution in [-0.4, -0.2) is 29.9 Å². The largest absolute Gasteiger partial charge is 0.270 e. The molecule has 0 saturated carbocycles. The lowest BCUT2D eigenvalue weighted by atomic mass is 10.2. The van der Waals surface area contributed by atoms with Gasteiger partial charge in [-0.15, -0.1) is 0 Å². The van der Waals surface area contributed by atoms with Crippen molar-refractivity contribution in [3.05, 3.63) is 58.2 Å². The first-order valence-electron chi connectivity index (χ1n) is 6.39. The Morgan fingerprint density at radius 2 is 1.95 bits per heavy atom. The van der Waals surface area contributed by atoms with Crippen LogP contribution in [0.5, 0.6) is 0 Å². The summed E-state index contributed by atoms with van der Waals surface area (Å²) in [4.78, 5) is 17.7. The van der Waals surface area contributed by atoms with Gasteiger partial charge in [0.05, 0.1) is 9.82 Å². The van der Waals surface area contributed by atoms with Crippen molar-refractivity contribution in [2.24, 2.45) is 0 Å². The summed E-state index contributed by atoms with van der Waals surface area (Å²) in [5, 5.41) is 10.8. The standard InChI is InChI=1S/C13H14N4O4S/c1-10-2-3-12(17(18)19)6-13(10)22(20,21)16-5-4-11-7-14-9-15-8-11/h2-3,6-9,16H,4-5H2,1H3. The Hall–Kier alpha value is -2.39. The number of aromatic nitrogens is 2. The lowest BCUT2D eigenvalue weighted by Gasteiger charge is -2.09. The number of hydrogen-bond donors (Lipinski definition) is 1. The number of hydrogen-bond acceptors (Lipinski definition) is 6. The topological polar surface area (TPSA) is 115 Å². The summed E-state index contributed by atoms with van der Waals surface area (Å²) in [6.45, 7) is 1.74. The number of benzene rings is 1. The quantitative estimate of drug-likeness (QED) is 0.631. The fourth-order valence-corrected chi connectivity index (χ4v) is 3.15. The van der Waals surface area contributed by atoms with Crippen LogP contribution >= 0.6 is 0 Å². The normalized spacial score (nSPS) is 11.3. The van der Waals surface area contributed by atoms with Crippen LogP contribution in [0.1, 0.15) is 11.1 Å². The first kappa shape index (κ1) is 16.0. The van der Waals surface area contributed by atoms with Gasteiger partial charge in [-0.1, -0.05) is 6.07 Å². The maximum atomic E-state index is 12.3. The van der Waals surface area contributed by atoms with Crippen LogP contribution in [0.2, 0.25) is 0 Å². The van der Waals surface area contributed by atoms with Crippen molar-refractivity contribution < 1.29 is 13.3 Å². The highest BCUT2D eigenvalue weighted by molar-refractivity contribution is 7.89. The van der Waals surface area contributed by atoms with E-state index in [0.717, 1.165) is 11.6 Å². The molecule has 1 N–H and O–H groups in total. The molecule has 0 bridgehead atoms. The molecule has 0 saturated heterocycles. The average Bonchev–Trinajstić information content (AvgIpc) is 2.48. The third kappa shape index (κ3) is 3.83. The van der Waals surface area contributed by atoms with Crippen LogP contribution in [0, 0.1) is 17.0 Å². The molecule has 0 atom stereocenters. The molecule has 0 aliphatic carbocycles. The van der Waals surface area contributed by atoms with Crippen LogP contribution in [0.3, 0.4) is 0 Å². The lowest BCUT2D eigenvalue weighted by Crippen LogP contribution is -2.26. The van der Waals surface area contributed by atoms with Crippen molar-refractivity contribution >= 4 is 15.7 Å². The Labute approximate surface area is 127 Å². The van der Waals surface area contributed by atoms with Crippen LogP contribution in [0.4, 0.5) is 5.69 Å². The molecule has 2 aromatic rings. The molecule has 8 nitrogen and oxygen atoms in total. The fourth-order valence-electron chi connectivity index (χ4n) is 1.86. The highest BCUT2D eigenvalue weighted by Crippen LogP contribution is 2.21. The van der Waals surface area contributed by atoms with E-state index in [-0.39, 0.29) is 17.1 Å². The molecule has 1 heterocycles. The smallest absolute Gasteiger partial charge is 0.258 e. The van der Waals surface area contributed by atoms with Crippen molar-refractivity contribution in [1.29, 1.82) is 0 Å². The number of aryl methyl sites for hydroxylation is 1. The Morgan fingerprint density at radius 3 is 2.59 bits per heavy atom. The van der Waals surface area contributed by atoms with Gasteiger partial charge in [0.2, 0.25) is 10.0 Å². The number of nitrogens with one attached hydrogen (secondary N) is 1. The molecule has 9 heteroatoms. The van der Waals surface area contributed by atoms with Gasteiger partial charge in [0.15, 0.2) is 0 Å². The number of nitro groups is 1. The van der Waals surface area contributed by atoms with Gasteiger partial charge in [-0.25, -0.2) is 23.1 Å². The molecule has 116 valence electrons. The van der Waals surface area contributed by atoms with Crippen LogP contribution < -0.4 is 4.72 Å². The Balaban J connectivity index is 2.13. The summed E-state index contributed by atoms with van der Waals surface area (Å²) in [6, 6.07) is 3.75. The zero-order valence-corrected chi connectivity index (χ0v) is 12.6. The molecule has 0 amide bonds. The van der Waals surface area contributed by atoms with Gasteiger partial charge in [0.1, 0.15) is 6.33 Å². The van der Waals surface area contributed by atoms with Gasteiger partial charge in [0, 0.05) is 31.1 Å². The van der Waals surface area contributed by atoms with E-state index in [1.54, 1.807) is 19.3 Å². The average molecular weight is 322 g/mol. The predicted octanol–water partition coefficient (Wildman–Crippen LogP) is 1.21. The van der Waals surface area contributed by atoms with Crippen molar-refractivity contribution in [1.82, 2.24) is 14.7 Å². The van der Waals surface area contributed by atoms with E-state index in [1.165, 1.54) is 18.5 Å². The Bertz CT molecular complexity index is 778. The minimum Gasteiger partial charge on any atom is -0.258 e. The van der Waals surface area contributed by atoms with E-state index in [9.17, 15) is 18.5 Å². The predicted molar refractivity (Wildman–Crippen MR) is 78.8 cm³/mol. The molecular formula is C13H14N4O4S. The maximum Gasteiger partial charge on any atom is 0.270 e. The minimum atomic E-state index is -3.81. The van der Waals surface area contributed by atoms with Crippen LogP contribution in [0.25, 0.3) is 0 Å². The second-order valence-corrected chi connectivity index (χ2v) is 6.34. The lowest BCUT2D eigenvalue weighted by molar-refractivity contribution is -0.385. The van der Waals surface area contributed by atoms with E-state index in [2.05, 4.69) is 14.7 Å². The first-order valence-corrected chi connectivity index (χ1v) is 7.87. The second-order valence-electron chi connectivity index (χ2n) is 4.60. The number of non-ortho nitro benzene ring substituents is 1. The first-order chi connectivity index (χ1) is 10.4. The van der Waals surface area contributed by atoms with E-state index in [1.807, 2.05) is 0 Å². The molecule has 0 unspecified atom stereocenters. The molecule has 1 aromatic carbocycles. The van der Waals surface area contributed by atoms with E-state index in [4.69, 9.17) is 0 Å². The highest BCUT2D eigenvalue weighted by atomic mass is 32.2. The zero-order valence-electron chi connectivity index (χ0n) is 11.8. The molecule has 1 aromatic heterocycles. The van der Waals surface area contributed by atoms with Gasteiger partial charge >= 0.3 is 0 Å². The van der Waals surface area contributed by atoms with Crippen molar-refractivity contribution in [2.75, 3.05) is 6.54 Å². The van der Waals surface area contributed by atoms with E-state index < -0.39 is 14.9 Å². The van der Waals surface area contributed by atoms with Crippen LogP contribution in [-0.2, 0) is 16.4 Å². The zero-order chi connectivity index (χ0) is 16.2. The van der Waals surface area contributed by atoms with Gasteiger partial charge in [-0.3, -0.25) is 10.1 Å². The van der Waals surface area contributed by atoms with Crippen molar-refractivity contribution in [2.45, 2.75) is 18.2 Å². The summed E-state index contributed by atoms with van der Waals surface area (Å²) in [7, 11) is -3.81. The van der Waals surface area contributed by atoms with Gasteiger partial charge in [0.25, 0.3) is 5.69 Å². The molecule has 0 spiro atoms. The number of rotatable bonds is 6. The summed E-state index contributed by atoms with van der Waals surface area (Å²) in [5.74, 6) is 0. The van der Waals surface area contributed by atoms with Gasteiger partial charge in [-0.05, 0) is 24.5 Å². The van der Waals surface area contributed by atoms with Crippen molar-refractivity contribution in [3.8, 4) is 0 Å². The maximum absolute atomic E-state index is 12.3. The van der Waals surface area contributed by atoms with Crippen molar-refractivity contribution in [3.63, 3.8) is 0 Å². The second kappa shape index (κ2) is 6.58. The number of sulfonamides is 1. The molecule has 22 heavy (non-hydrogen) atoms. The van der Waals surface area contributed by atoms with Gasteiger partial charge < -0.3 is 0 Å². The van der Waals surface area contributed by atoms with Crippen LogP contribution in [0.15, 0.2) is 41.8 Å². The number of nitro benzene ring substituents is 1. The molecular weight excluding hydrogens is 308 g/mol. The van der Waals surface area contributed by atoms with E-state index in [0.29, 0.717) is 12.0 Å². The molecule has 2 rings (SSSR count). The molecule has 0 aliphatic rings. The van der Waals surface area contributed by atoms with Gasteiger partial charge in [-0.2, -0.15) is 0 Å². The Morgan fingerprint density at radius 1 is 1.27 bits per heavy atom. The summed E-state index contributed by atoms with van der Waals surface area (Å²) in [6.07, 6.45) is 5.01. The summed E-state index contributed by atoms with van der Waals surface area (Å²) < 4.78 is 26.9. The highest BCUT2D eigenvalue weighted by Gasteiger charge is 2.20. The molecule has 0 fully saturated rings. The SMILES string of the molecule is Cc1ccc([N+](=O)[O-])cc1S(=O)(=O)NCCc1cncnc1. The Kier molecular flexibility index (Phi) is 4.78. The molecule has 0 aliphatic heterocycles.